The molecule has 2 heterocycles. The predicted octanol–water partition coefficient (Wildman–Crippen LogP) is 4.76. The lowest BCUT2D eigenvalue weighted by Crippen LogP contribution is -2.42. The van der Waals surface area contributed by atoms with E-state index in [1.807, 2.05) is 37.3 Å². The standard InChI is InChI=1S/C21H20FN3OS/c1-3-13(2)18-20(26)25-19(24-18)16-9-4-5-10-17(16)23-21(25)27-12-14-7-6-8-15(22)11-14/h4-11,13,18H,3,12H2,1-2H3/t13-,18-/m1/s1. The predicted molar refractivity (Wildman–Crippen MR) is 108 cm³/mol. The van der Waals surface area contributed by atoms with Crippen molar-refractivity contribution in [1.29, 1.82) is 0 Å². The first kappa shape index (κ1) is 17.9. The summed E-state index contributed by atoms with van der Waals surface area (Å²) in [5, 5.41) is 0.604. The highest BCUT2D eigenvalue weighted by atomic mass is 32.2. The molecule has 0 spiro atoms. The van der Waals surface area contributed by atoms with E-state index in [9.17, 15) is 9.18 Å². The molecular weight excluding hydrogens is 361 g/mol. The highest BCUT2D eigenvalue weighted by Gasteiger charge is 2.42. The maximum absolute atomic E-state index is 13.5. The lowest BCUT2D eigenvalue weighted by atomic mass is 10.00. The lowest BCUT2D eigenvalue weighted by molar-refractivity contribution is -0.125. The van der Waals surface area contributed by atoms with E-state index in [0.29, 0.717) is 16.8 Å². The van der Waals surface area contributed by atoms with Crippen LogP contribution in [0.4, 0.5) is 10.1 Å². The van der Waals surface area contributed by atoms with Gasteiger partial charge in [0.2, 0.25) is 0 Å². The zero-order chi connectivity index (χ0) is 19.0. The molecule has 2 aromatic rings. The van der Waals surface area contributed by atoms with Crippen LogP contribution >= 0.6 is 11.8 Å². The van der Waals surface area contributed by atoms with Gasteiger partial charge in [0.1, 0.15) is 17.7 Å². The number of carbonyl (C=O) groups excluding carboxylic acids is 1. The monoisotopic (exact) mass is 381 g/mol. The van der Waals surface area contributed by atoms with E-state index in [4.69, 9.17) is 9.98 Å². The molecule has 0 saturated heterocycles. The van der Waals surface area contributed by atoms with Gasteiger partial charge in [-0.25, -0.2) is 14.3 Å². The maximum Gasteiger partial charge on any atom is 0.259 e. The number of thioether (sulfide) groups is 1. The number of amides is 1. The van der Waals surface area contributed by atoms with E-state index in [1.165, 1.54) is 23.9 Å². The van der Waals surface area contributed by atoms with Crippen LogP contribution in [0.3, 0.4) is 0 Å². The van der Waals surface area contributed by atoms with Gasteiger partial charge in [0.25, 0.3) is 5.91 Å². The number of rotatable bonds is 4. The minimum Gasteiger partial charge on any atom is -0.271 e. The van der Waals surface area contributed by atoms with Gasteiger partial charge in [-0.2, -0.15) is 0 Å². The fraction of sp³-hybridized carbons (Fsp3) is 0.286. The summed E-state index contributed by atoms with van der Waals surface area (Å²) in [4.78, 5) is 24.2. The van der Waals surface area contributed by atoms with Crippen molar-refractivity contribution in [2.45, 2.75) is 32.1 Å². The van der Waals surface area contributed by atoms with Crippen LogP contribution in [0.2, 0.25) is 0 Å². The summed E-state index contributed by atoms with van der Waals surface area (Å²) in [5.74, 6) is 1.08. The highest BCUT2D eigenvalue weighted by molar-refractivity contribution is 8.13. The fourth-order valence-electron chi connectivity index (χ4n) is 3.23. The number of benzene rings is 2. The Morgan fingerprint density at radius 1 is 1.22 bits per heavy atom. The molecule has 0 N–H and O–H groups in total. The third kappa shape index (κ3) is 3.30. The summed E-state index contributed by atoms with van der Waals surface area (Å²) < 4.78 is 13.5. The Hall–Kier alpha value is -2.47. The smallest absolute Gasteiger partial charge is 0.259 e. The van der Waals surface area contributed by atoms with Gasteiger partial charge in [0, 0.05) is 11.3 Å². The minimum absolute atomic E-state index is 0.0284. The Balaban J connectivity index is 1.68. The van der Waals surface area contributed by atoms with E-state index in [0.717, 1.165) is 23.2 Å². The van der Waals surface area contributed by atoms with Crippen molar-refractivity contribution < 1.29 is 9.18 Å². The number of carbonyl (C=O) groups is 1. The Morgan fingerprint density at radius 2 is 2.04 bits per heavy atom. The van der Waals surface area contributed by atoms with Crippen molar-refractivity contribution in [2.75, 3.05) is 0 Å². The molecule has 2 aliphatic rings. The van der Waals surface area contributed by atoms with Gasteiger partial charge < -0.3 is 0 Å². The number of hydrogen-bond donors (Lipinski definition) is 0. The fourth-order valence-corrected chi connectivity index (χ4v) is 4.18. The third-order valence-electron chi connectivity index (χ3n) is 4.94. The number of nitrogens with zero attached hydrogens (tertiary/aromatic N) is 3. The molecule has 1 amide bonds. The van der Waals surface area contributed by atoms with Crippen LogP contribution in [0.5, 0.6) is 0 Å². The second-order valence-electron chi connectivity index (χ2n) is 6.79. The van der Waals surface area contributed by atoms with Gasteiger partial charge in [0.05, 0.1) is 5.69 Å². The van der Waals surface area contributed by atoms with E-state index >= 15 is 0 Å². The molecule has 2 aliphatic heterocycles. The number of aliphatic imine (C=N–C) groups is 2. The highest BCUT2D eigenvalue weighted by Crippen LogP contribution is 2.35. The number of fused-ring (bicyclic) bond motifs is 3. The SMILES string of the molecule is CC[C@@H](C)[C@H]1N=C2c3ccccc3N=C(SCc3cccc(F)c3)N2C1=O. The van der Waals surface area contributed by atoms with Gasteiger partial charge in [-0.1, -0.05) is 56.3 Å². The average Bonchev–Trinajstić information content (AvgIpc) is 3.03. The van der Waals surface area contributed by atoms with Gasteiger partial charge in [-0.05, 0) is 35.7 Å². The molecule has 2 atom stereocenters. The van der Waals surface area contributed by atoms with Gasteiger partial charge in [0.15, 0.2) is 5.17 Å². The lowest BCUT2D eigenvalue weighted by Gasteiger charge is -2.26. The first-order valence-corrected chi connectivity index (χ1v) is 10.0. The van der Waals surface area contributed by atoms with Crippen molar-refractivity contribution in [2.24, 2.45) is 15.9 Å². The zero-order valence-corrected chi connectivity index (χ0v) is 16.0. The Kier molecular flexibility index (Phi) is 4.83. The van der Waals surface area contributed by atoms with Crippen LogP contribution in [0.25, 0.3) is 0 Å². The molecule has 27 heavy (non-hydrogen) atoms. The summed E-state index contributed by atoms with van der Waals surface area (Å²) in [6.07, 6.45) is 0.881. The number of para-hydroxylation sites is 1. The second-order valence-corrected chi connectivity index (χ2v) is 7.73. The Labute approximate surface area is 162 Å². The van der Waals surface area contributed by atoms with Crippen molar-refractivity contribution in [1.82, 2.24) is 4.90 Å². The van der Waals surface area contributed by atoms with E-state index in [-0.39, 0.29) is 23.7 Å². The Bertz CT molecular complexity index is 956. The van der Waals surface area contributed by atoms with E-state index < -0.39 is 0 Å². The van der Waals surface area contributed by atoms with Crippen LogP contribution in [0.15, 0.2) is 58.5 Å². The maximum atomic E-state index is 13.5. The van der Waals surface area contributed by atoms with Crippen LogP contribution in [0.1, 0.15) is 31.4 Å². The molecule has 0 saturated carbocycles. The number of amidine groups is 2. The van der Waals surface area contributed by atoms with Gasteiger partial charge in [-0.15, -0.1) is 0 Å². The average molecular weight is 381 g/mol. The van der Waals surface area contributed by atoms with Crippen LogP contribution < -0.4 is 0 Å². The quantitative estimate of drug-likeness (QED) is 0.766. The second kappa shape index (κ2) is 7.27. The van der Waals surface area contributed by atoms with Crippen molar-refractivity contribution in [3.8, 4) is 0 Å². The van der Waals surface area contributed by atoms with Gasteiger partial charge in [-0.3, -0.25) is 9.79 Å². The zero-order valence-electron chi connectivity index (χ0n) is 15.2. The van der Waals surface area contributed by atoms with E-state index in [1.54, 1.807) is 11.0 Å². The van der Waals surface area contributed by atoms with Crippen LogP contribution in [-0.4, -0.2) is 27.9 Å². The van der Waals surface area contributed by atoms with Crippen LogP contribution in [0, 0.1) is 11.7 Å². The van der Waals surface area contributed by atoms with Crippen molar-refractivity contribution >= 4 is 34.4 Å². The topological polar surface area (TPSA) is 45.0 Å². The molecule has 138 valence electrons. The van der Waals surface area contributed by atoms with Crippen LogP contribution in [-0.2, 0) is 10.5 Å². The normalized spacial score (nSPS) is 19.3. The third-order valence-corrected chi connectivity index (χ3v) is 5.95. The summed E-state index contributed by atoms with van der Waals surface area (Å²) in [7, 11) is 0. The first-order chi connectivity index (χ1) is 13.1. The van der Waals surface area contributed by atoms with E-state index in [2.05, 4.69) is 6.92 Å². The summed E-state index contributed by atoms with van der Waals surface area (Å²) >= 11 is 1.43. The molecule has 0 aliphatic carbocycles. The summed E-state index contributed by atoms with van der Waals surface area (Å²) in [6.45, 7) is 4.12. The van der Waals surface area contributed by atoms with Crippen molar-refractivity contribution in [3.05, 3.63) is 65.5 Å². The molecule has 0 aromatic heterocycles. The van der Waals surface area contributed by atoms with Crippen molar-refractivity contribution in [3.63, 3.8) is 0 Å². The first-order valence-electron chi connectivity index (χ1n) is 9.05. The molecule has 0 radical (unpaired) electrons. The number of halogens is 1. The molecule has 2 aromatic carbocycles. The molecule has 4 rings (SSSR count). The Morgan fingerprint density at radius 3 is 2.81 bits per heavy atom. The molecule has 6 heteroatoms. The largest absolute Gasteiger partial charge is 0.271 e. The summed E-state index contributed by atoms with van der Waals surface area (Å²) in [6, 6.07) is 13.9. The van der Waals surface area contributed by atoms with Gasteiger partial charge >= 0.3 is 0 Å². The number of hydrogen-bond acceptors (Lipinski definition) is 4. The molecule has 4 nitrogen and oxygen atoms in total. The molecule has 0 unspecified atom stereocenters. The molecule has 0 fully saturated rings. The molecular formula is C21H20FN3OS. The summed E-state index contributed by atoms with van der Waals surface area (Å²) in [5.41, 5.74) is 2.55. The minimum atomic E-state index is -0.379. The molecule has 0 bridgehead atoms.